The highest BCUT2D eigenvalue weighted by Crippen LogP contribution is 2.27. The fourth-order valence-electron chi connectivity index (χ4n) is 2.63. The number of nitrogens with zero attached hydrogens (tertiary/aromatic N) is 1. The van der Waals surface area contributed by atoms with Gasteiger partial charge in [0.1, 0.15) is 4.83 Å². The van der Waals surface area contributed by atoms with E-state index in [1.807, 2.05) is 13.8 Å². The summed E-state index contributed by atoms with van der Waals surface area (Å²) in [6.07, 6.45) is -0.896. The molecule has 1 aromatic carbocycles. The zero-order chi connectivity index (χ0) is 21.5. The normalized spacial score (nSPS) is 13.0. The van der Waals surface area contributed by atoms with Crippen molar-refractivity contribution in [3.05, 3.63) is 56.4 Å². The van der Waals surface area contributed by atoms with E-state index < -0.39 is 32.6 Å². The molecule has 3 aromatic rings. The lowest BCUT2D eigenvalue weighted by atomic mass is 10.2. The van der Waals surface area contributed by atoms with Gasteiger partial charge >= 0.3 is 11.7 Å². The lowest BCUT2D eigenvalue weighted by Crippen LogP contribution is -2.17. The van der Waals surface area contributed by atoms with E-state index in [0.717, 1.165) is 34.7 Å². The second kappa shape index (κ2) is 7.64. The number of halogens is 2. The minimum Gasteiger partial charge on any atom is -0.451 e. The van der Waals surface area contributed by atoms with Gasteiger partial charge < -0.3 is 9.72 Å². The molecule has 0 aliphatic heterocycles. The largest absolute Gasteiger partial charge is 0.451 e. The third-order valence-electron chi connectivity index (χ3n) is 4.38. The third kappa shape index (κ3) is 3.92. The summed E-state index contributed by atoms with van der Waals surface area (Å²) in [5, 5.41) is 0.491. The summed E-state index contributed by atoms with van der Waals surface area (Å²) in [6, 6.07) is 3.98. The van der Waals surface area contributed by atoms with E-state index >= 15 is 0 Å². The van der Waals surface area contributed by atoms with Crippen LogP contribution >= 0.6 is 11.3 Å². The average molecular weight is 442 g/mol. The van der Waals surface area contributed by atoms with E-state index in [4.69, 9.17) is 4.74 Å². The molecule has 7 nitrogen and oxygen atoms in total. The summed E-state index contributed by atoms with van der Waals surface area (Å²) in [6.45, 7) is 5.22. The Kier molecular flexibility index (Phi) is 5.54. The highest BCUT2D eigenvalue weighted by Gasteiger charge is 2.27. The fourth-order valence-corrected chi connectivity index (χ4v) is 4.39. The van der Waals surface area contributed by atoms with Crippen LogP contribution in [0.5, 0.6) is 0 Å². The van der Waals surface area contributed by atoms with Crippen molar-refractivity contribution in [3.8, 4) is 0 Å². The number of rotatable bonds is 5. The molecule has 0 fully saturated rings. The Balaban J connectivity index is 1.82. The number of carbonyl (C=O) groups excluding carboxylic acids is 1. The topological polar surface area (TPSA) is 106 Å². The first-order chi connectivity index (χ1) is 13.5. The van der Waals surface area contributed by atoms with Crippen molar-refractivity contribution in [2.75, 3.05) is 0 Å². The molecule has 0 radical (unpaired) electrons. The predicted molar refractivity (Wildman–Crippen MR) is 103 cm³/mol. The van der Waals surface area contributed by atoms with E-state index in [-0.39, 0.29) is 16.9 Å². The number of ether oxygens (including phenoxy) is 1. The van der Waals surface area contributed by atoms with Crippen molar-refractivity contribution in [1.29, 1.82) is 0 Å². The number of H-pyrrole nitrogens is 1. The molecule has 1 N–H and O–H groups in total. The zero-order valence-corrected chi connectivity index (χ0v) is 17.2. The van der Waals surface area contributed by atoms with E-state index in [1.54, 1.807) is 0 Å². The summed E-state index contributed by atoms with van der Waals surface area (Å²) in [7, 11) is -4.75. The first-order valence-corrected chi connectivity index (χ1v) is 10.7. The number of fused-ring (bicyclic) bond motifs is 1. The van der Waals surface area contributed by atoms with Crippen LogP contribution in [-0.2, 0) is 14.6 Å². The van der Waals surface area contributed by atoms with Crippen molar-refractivity contribution < 1.29 is 26.7 Å². The monoisotopic (exact) mass is 442 g/mol. The smallest absolute Gasteiger partial charge is 0.341 e. The molecule has 0 saturated heterocycles. The van der Waals surface area contributed by atoms with Gasteiger partial charge in [0, 0.05) is 4.88 Å². The molecule has 1 atom stereocenters. The molecule has 3 rings (SSSR count). The zero-order valence-electron chi connectivity index (χ0n) is 15.5. The van der Waals surface area contributed by atoms with Gasteiger partial charge in [0.25, 0.3) is 5.56 Å². The van der Waals surface area contributed by atoms with Gasteiger partial charge in [0.05, 0.1) is 15.8 Å². The number of alkyl halides is 2. The van der Waals surface area contributed by atoms with E-state index in [0.29, 0.717) is 10.2 Å². The maximum Gasteiger partial charge on any atom is 0.341 e. The van der Waals surface area contributed by atoms with Crippen LogP contribution in [0.4, 0.5) is 8.78 Å². The Morgan fingerprint density at radius 2 is 1.83 bits per heavy atom. The number of hydrogen-bond donors (Lipinski definition) is 1. The van der Waals surface area contributed by atoms with Gasteiger partial charge in [0.15, 0.2) is 11.9 Å². The first-order valence-electron chi connectivity index (χ1n) is 8.35. The number of aromatic amines is 1. The fraction of sp³-hybridized carbons (Fsp3) is 0.278. The molecule has 0 aliphatic carbocycles. The molecule has 0 amide bonds. The number of aryl methyl sites for hydroxylation is 2. The van der Waals surface area contributed by atoms with Gasteiger partial charge in [-0.2, -0.15) is 8.78 Å². The Bertz CT molecular complexity index is 1250. The second-order valence-corrected chi connectivity index (χ2v) is 9.41. The standard InChI is InChI=1S/C18H16F2N2O5S2/c1-8-10(3)28-16-13(8)15(23)21-14(22-16)9(2)27-17(24)11-4-6-12(7-5-11)29(25,26)18(19)20/h4-7,9,18H,1-3H3,(H,21,22,23). The molecule has 0 spiro atoms. The molecule has 2 heterocycles. The van der Waals surface area contributed by atoms with Crippen LogP contribution in [0.2, 0.25) is 0 Å². The van der Waals surface area contributed by atoms with Crippen LogP contribution in [0.15, 0.2) is 34.0 Å². The van der Waals surface area contributed by atoms with Crippen LogP contribution in [-0.4, -0.2) is 30.1 Å². The lowest BCUT2D eigenvalue weighted by molar-refractivity contribution is 0.0320. The number of sulfone groups is 1. The maximum atomic E-state index is 12.6. The Morgan fingerprint density at radius 3 is 2.41 bits per heavy atom. The van der Waals surface area contributed by atoms with Crippen molar-refractivity contribution in [1.82, 2.24) is 9.97 Å². The van der Waals surface area contributed by atoms with Crippen LogP contribution < -0.4 is 5.56 Å². The predicted octanol–water partition coefficient (Wildman–Crippen LogP) is 3.52. The Labute approximate surface area is 168 Å². The Morgan fingerprint density at radius 1 is 1.21 bits per heavy atom. The number of nitrogens with one attached hydrogen (secondary N) is 1. The summed E-state index contributed by atoms with van der Waals surface area (Å²) in [4.78, 5) is 32.5. The molecule has 0 saturated carbocycles. The van der Waals surface area contributed by atoms with Crippen molar-refractivity contribution in [3.63, 3.8) is 0 Å². The van der Waals surface area contributed by atoms with Gasteiger partial charge in [-0.1, -0.05) is 0 Å². The number of thiophene rings is 1. The third-order valence-corrected chi connectivity index (χ3v) is 6.88. The molecule has 154 valence electrons. The van der Waals surface area contributed by atoms with Gasteiger partial charge in [-0.05, 0) is 50.6 Å². The molecule has 2 aromatic heterocycles. The quantitative estimate of drug-likeness (QED) is 0.606. The Hall–Kier alpha value is -2.66. The average Bonchev–Trinajstić information content (AvgIpc) is 2.95. The number of carbonyl (C=O) groups is 1. The number of hydrogen-bond acceptors (Lipinski definition) is 7. The first kappa shape index (κ1) is 21.1. The molecule has 0 bridgehead atoms. The minimum atomic E-state index is -4.75. The van der Waals surface area contributed by atoms with E-state index in [9.17, 15) is 26.8 Å². The highest BCUT2D eigenvalue weighted by atomic mass is 32.2. The minimum absolute atomic E-state index is 0.0312. The van der Waals surface area contributed by atoms with Crippen LogP contribution in [0.3, 0.4) is 0 Å². The van der Waals surface area contributed by atoms with Gasteiger partial charge in [-0.25, -0.2) is 18.2 Å². The van der Waals surface area contributed by atoms with Crippen molar-refractivity contribution in [2.45, 2.75) is 37.5 Å². The molecular formula is C18H16F2N2O5S2. The molecule has 0 aliphatic rings. The maximum absolute atomic E-state index is 12.6. The molecule has 11 heteroatoms. The van der Waals surface area contributed by atoms with E-state index in [1.165, 1.54) is 18.3 Å². The summed E-state index contributed by atoms with van der Waals surface area (Å²) in [5.41, 5.74) is 0.474. The van der Waals surface area contributed by atoms with Crippen molar-refractivity contribution >= 4 is 37.4 Å². The van der Waals surface area contributed by atoms with Crippen LogP contribution in [0, 0.1) is 13.8 Å². The lowest BCUT2D eigenvalue weighted by Gasteiger charge is -2.13. The SMILES string of the molecule is Cc1sc2nc(C(C)OC(=O)c3ccc(S(=O)(=O)C(F)F)cc3)[nH]c(=O)c2c1C. The summed E-state index contributed by atoms with van der Waals surface area (Å²) >= 11 is 1.36. The van der Waals surface area contributed by atoms with Gasteiger partial charge in [-0.15, -0.1) is 11.3 Å². The highest BCUT2D eigenvalue weighted by molar-refractivity contribution is 7.91. The molecule has 1 unspecified atom stereocenters. The van der Waals surface area contributed by atoms with E-state index in [2.05, 4.69) is 9.97 Å². The number of aromatic nitrogens is 2. The van der Waals surface area contributed by atoms with Gasteiger partial charge in [-0.3, -0.25) is 4.79 Å². The van der Waals surface area contributed by atoms with Crippen LogP contribution in [0.1, 0.15) is 39.7 Å². The van der Waals surface area contributed by atoms with Crippen molar-refractivity contribution in [2.24, 2.45) is 0 Å². The molecular weight excluding hydrogens is 426 g/mol. The number of benzene rings is 1. The summed E-state index contributed by atoms with van der Waals surface area (Å²) in [5.74, 6) is -4.21. The molecule has 29 heavy (non-hydrogen) atoms. The van der Waals surface area contributed by atoms with Crippen LogP contribution in [0.25, 0.3) is 10.2 Å². The second-order valence-electron chi connectivity index (χ2n) is 6.29. The van der Waals surface area contributed by atoms with Gasteiger partial charge in [0.2, 0.25) is 9.84 Å². The summed E-state index contributed by atoms with van der Waals surface area (Å²) < 4.78 is 53.3. The number of esters is 1.